The number of carbonyl (C=O) groups excluding carboxylic acids is 2. The van der Waals surface area contributed by atoms with Crippen LogP contribution in [0.4, 0.5) is 0 Å². The van der Waals surface area contributed by atoms with Crippen LogP contribution in [0.25, 0.3) is 0 Å². The Hall–Kier alpha value is -3.34. The van der Waals surface area contributed by atoms with Crippen molar-refractivity contribution in [1.82, 2.24) is 25.4 Å². The van der Waals surface area contributed by atoms with Crippen molar-refractivity contribution in [3.8, 4) is 6.07 Å². The fourth-order valence-corrected chi connectivity index (χ4v) is 3.93. The number of aromatic amines is 2. The Kier molecular flexibility index (Phi) is 5.47. The molecule has 2 aliphatic rings. The molecule has 0 saturated heterocycles. The standard InChI is InChI=1S/C21H24N6O2/c22-12-15-6-7-18(24-15)21(29)27-10-8-14(9-11-27)13-23-20(28)19-16-4-2-1-3-5-17(16)25-26-19/h6-8,24H,1-5,9-11,13H2,(H,23,28)(H,25,26). The van der Waals surface area contributed by atoms with E-state index in [1.165, 1.54) is 6.42 Å². The highest BCUT2D eigenvalue weighted by atomic mass is 16.2. The Bertz CT molecular complexity index is 993. The van der Waals surface area contributed by atoms with Crippen LogP contribution >= 0.6 is 0 Å². The van der Waals surface area contributed by atoms with E-state index in [1.807, 2.05) is 12.1 Å². The minimum atomic E-state index is -0.140. The quantitative estimate of drug-likeness (QED) is 0.545. The molecule has 0 aromatic carbocycles. The van der Waals surface area contributed by atoms with Crippen molar-refractivity contribution < 1.29 is 9.59 Å². The first-order chi connectivity index (χ1) is 14.2. The minimum absolute atomic E-state index is 0.120. The number of nitrogens with one attached hydrogen (secondary N) is 3. The predicted octanol–water partition coefficient (Wildman–Crippen LogP) is 2.08. The fraction of sp³-hybridized carbons (Fsp3) is 0.429. The summed E-state index contributed by atoms with van der Waals surface area (Å²) in [5, 5.41) is 19.1. The summed E-state index contributed by atoms with van der Waals surface area (Å²) in [5.74, 6) is -0.260. The number of nitriles is 1. The lowest BCUT2D eigenvalue weighted by atomic mass is 10.1. The average Bonchev–Trinajstić information content (AvgIpc) is 3.33. The zero-order valence-corrected chi connectivity index (χ0v) is 16.3. The average molecular weight is 392 g/mol. The number of nitrogens with zero attached hydrogens (tertiary/aromatic N) is 3. The van der Waals surface area contributed by atoms with E-state index >= 15 is 0 Å². The summed E-state index contributed by atoms with van der Waals surface area (Å²) in [7, 11) is 0. The van der Waals surface area contributed by atoms with E-state index in [0.717, 1.165) is 42.5 Å². The lowest BCUT2D eigenvalue weighted by molar-refractivity contribution is 0.0762. The molecule has 2 amide bonds. The minimum Gasteiger partial charge on any atom is -0.347 e. The van der Waals surface area contributed by atoms with Gasteiger partial charge in [-0.05, 0) is 44.2 Å². The zero-order valence-electron chi connectivity index (χ0n) is 16.3. The number of aryl methyl sites for hydroxylation is 1. The van der Waals surface area contributed by atoms with Crippen LogP contribution in [0.5, 0.6) is 0 Å². The van der Waals surface area contributed by atoms with Gasteiger partial charge in [-0.3, -0.25) is 14.7 Å². The number of fused-ring (bicyclic) bond motifs is 1. The Balaban J connectivity index is 1.32. The third-order valence-electron chi connectivity index (χ3n) is 5.62. The van der Waals surface area contributed by atoms with Gasteiger partial charge >= 0.3 is 0 Å². The molecule has 1 aliphatic heterocycles. The van der Waals surface area contributed by atoms with Gasteiger partial charge in [0.05, 0.1) is 0 Å². The van der Waals surface area contributed by atoms with Crippen molar-refractivity contribution in [3.63, 3.8) is 0 Å². The second-order valence-corrected chi connectivity index (χ2v) is 7.53. The van der Waals surface area contributed by atoms with Crippen LogP contribution in [0.1, 0.15) is 63.6 Å². The molecule has 0 saturated carbocycles. The van der Waals surface area contributed by atoms with E-state index in [0.29, 0.717) is 43.1 Å². The van der Waals surface area contributed by atoms with Gasteiger partial charge < -0.3 is 15.2 Å². The normalized spacial score (nSPS) is 16.4. The van der Waals surface area contributed by atoms with Gasteiger partial charge in [-0.25, -0.2) is 0 Å². The van der Waals surface area contributed by atoms with Gasteiger partial charge in [0.25, 0.3) is 11.8 Å². The second-order valence-electron chi connectivity index (χ2n) is 7.53. The first-order valence-corrected chi connectivity index (χ1v) is 10.1. The summed E-state index contributed by atoms with van der Waals surface area (Å²) in [6.07, 6.45) is 7.97. The SMILES string of the molecule is N#Cc1ccc(C(=O)N2CC=C(CNC(=O)c3n[nH]c4c3CCCCC4)CC2)[nH]1. The Morgan fingerprint density at radius 2 is 2.07 bits per heavy atom. The van der Waals surface area contributed by atoms with E-state index in [4.69, 9.17) is 5.26 Å². The summed E-state index contributed by atoms with van der Waals surface area (Å²) < 4.78 is 0. The van der Waals surface area contributed by atoms with Crippen molar-refractivity contribution in [2.75, 3.05) is 19.6 Å². The maximum atomic E-state index is 12.6. The summed E-state index contributed by atoms with van der Waals surface area (Å²) in [6.45, 7) is 1.53. The first kappa shape index (κ1) is 19.0. The molecule has 4 rings (SSSR count). The fourth-order valence-electron chi connectivity index (χ4n) is 3.93. The Morgan fingerprint density at radius 1 is 1.21 bits per heavy atom. The third-order valence-corrected chi connectivity index (χ3v) is 5.62. The monoisotopic (exact) mass is 392 g/mol. The molecular formula is C21H24N6O2. The molecule has 0 spiro atoms. The molecule has 8 heteroatoms. The highest BCUT2D eigenvalue weighted by Gasteiger charge is 2.22. The maximum Gasteiger partial charge on any atom is 0.272 e. The van der Waals surface area contributed by atoms with Crippen LogP contribution < -0.4 is 5.32 Å². The van der Waals surface area contributed by atoms with Gasteiger partial charge in [0.1, 0.15) is 17.5 Å². The lowest BCUT2D eigenvalue weighted by Crippen LogP contribution is -2.37. The largest absolute Gasteiger partial charge is 0.347 e. The zero-order chi connectivity index (χ0) is 20.2. The van der Waals surface area contributed by atoms with Crippen molar-refractivity contribution in [2.24, 2.45) is 0 Å². The van der Waals surface area contributed by atoms with E-state index in [2.05, 4.69) is 20.5 Å². The first-order valence-electron chi connectivity index (χ1n) is 10.1. The van der Waals surface area contributed by atoms with E-state index in [9.17, 15) is 9.59 Å². The lowest BCUT2D eigenvalue weighted by Gasteiger charge is -2.26. The number of amides is 2. The summed E-state index contributed by atoms with van der Waals surface area (Å²) in [5.41, 5.74) is 4.59. The molecule has 1 aliphatic carbocycles. The van der Waals surface area contributed by atoms with Crippen molar-refractivity contribution in [1.29, 1.82) is 5.26 Å². The number of rotatable bonds is 4. The molecule has 8 nitrogen and oxygen atoms in total. The van der Waals surface area contributed by atoms with Gasteiger partial charge in [-0.15, -0.1) is 0 Å². The van der Waals surface area contributed by atoms with Gasteiger partial charge in [-0.2, -0.15) is 10.4 Å². The van der Waals surface area contributed by atoms with Crippen LogP contribution in [0.3, 0.4) is 0 Å². The van der Waals surface area contributed by atoms with E-state index < -0.39 is 0 Å². The van der Waals surface area contributed by atoms with Crippen LogP contribution in [-0.2, 0) is 12.8 Å². The van der Waals surface area contributed by atoms with Crippen LogP contribution in [-0.4, -0.2) is 51.5 Å². The Morgan fingerprint density at radius 3 is 2.83 bits per heavy atom. The number of hydrogen-bond donors (Lipinski definition) is 3. The summed E-state index contributed by atoms with van der Waals surface area (Å²) in [6, 6.07) is 5.22. The second kappa shape index (κ2) is 8.35. The molecule has 0 fully saturated rings. The van der Waals surface area contributed by atoms with Gasteiger partial charge in [0, 0.05) is 30.9 Å². The highest BCUT2D eigenvalue weighted by Crippen LogP contribution is 2.21. The summed E-state index contributed by atoms with van der Waals surface area (Å²) >= 11 is 0. The van der Waals surface area contributed by atoms with Crippen LogP contribution in [0, 0.1) is 11.3 Å². The molecule has 0 unspecified atom stereocenters. The molecule has 0 radical (unpaired) electrons. The molecule has 3 N–H and O–H groups in total. The van der Waals surface area contributed by atoms with E-state index in [-0.39, 0.29) is 11.8 Å². The maximum absolute atomic E-state index is 12.6. The smallest absolute Gasteiger partial charge is 0.272 e. The number of hydrogen-bond acceptors (Lipinski definition) is 4. The molecule has 150 valence electrons. The van der Waals surface area contributed by atoms with Gasteiger partial charge in [-0.1, -0.05) is 18.1 Å². The van der Waals surface area contributed by atoms with Gasteiger partial charge in [0.15, 0.2) is 5.69 Å². The molecule has 3 heterocycles. The van der Waals surface area contributed by atoms with Crippen molar-refractivity contribution >= 4 is 11.8 Å². The van der Waals surface area contributed by atoms with Crippen LogP contribution in [0.2, 0.25) is 0 Å². The topological polar surface area (TPSA) is 118 Å². The molecule has 29 heavy (non-hydrogen) atoms. The van der Waals surface area contributed by atoms with Crippen LogP contribution in [0.15, 0.2) is 23.8 Å². The molecule has 0 atom stereocenters. The van der Waals surface area contributed by atoms with E-state index in [1.54, 1.807) is 17.0 Å². The molecule has 2 aromatic rings. The van der Waals surface area contributed by atoms with Gasteiger partial charge in [0.2, 0.25) is 0 Å². The number of H-pyrrole nitrogens is 2. The summed E-state index contributed by atoms with van der Waals surface area (Å²) in [4.78, 5) is 29.6. The predicted molar refractivity (Wildman–Crippen MR) is 106 cm³/mol. The van der Waals surface area contributed by atoms with Crippen molar-refractivity contribution in [2.45, 2.75) is 38.5 Å². The third kappa shape index (κ3) is 4.09. The molecule has 0 bridgehead atoms. The number of carbonyl (C=O) groups is 2. The van der Waals surface area contributed by atoms with Crippen molar-refractivity contribution in [3.05, 3.63) is 52.1 Å². The molecule has 2 aromatic heterocycles. The molecular weight excluding hydrogens is 368 g/mol. The highest BCUT2D eigenvalue weighted by molar-refractivity contribution is 5.94. The Labute approximate surface area is 169 Å². The number of aromatic nitrogens is 3.